The van der Waals surface area contributed by atoms with Gasteiger partial charge in [0.05, 0.1) is 12.8 Å². The van der Waals surface area contributed by atoms with Gasteiger partial charge in [-0.2, -0.15) is 4.57 Å². The molecule has 0 N–H and O–H groups in total. The second kappa shape index (κ2) is 5.16. The van der Waals surface area contributed by atoms with Crippen molar-refractivity contribution < 1.29 is 14.1 Å². The molecule has 17 heavy (non-hydrogen) atoms. The number of hydrogen-bond acceptors (Lipinski definition) is 4. The molecule has 0 aliphatic heterocycles. The van der Waals surface area contributed by atoms with Gasteiger partial charge in [-0.25, -0.2) is 14.8 Å². The summed E-state index contributed by atoms with van der Waals surface area (Å²) < 4.78 is 6.34. The monoisotopic (exact) mass is 230 g/mol. The third-order valence-corrected chi connectivity index (χ3v) is 2.31. The molecule has 2 heterocycles. The third-order valence-electron chi connectivity index (χ3n) is 2.31. The molecule has 0 radical (unpaired) electrons. The van der Waals surface area contributed by atoms with Gasteiger partial charge in [0.2, 0.25) is 6.54 Å². The van der Waals surface area contributed by atoms with Crippen molar-refractivity contribution in [3.63, 3.8) is 0 Å². The van der Waals surface area contributed by atoms with Crippen LogP contribution in [0.2, 0.25) is 0 Å². The molecule has 2 aromatic heterocycles. The first-order valence-corrected chi connectivity index (χ1v) is 5.12. The van der Waals surface area contributed by atoms with Crippen molar-refractivity contribution in [3.05, 3.63) is 43.1 Å². The Hall–Kier alpha value is -2.30. The highest BCUT2D eigenvalue weighted by Gasteiger charge is 2.09. The lowest BCUT2D eigenvalue weighted by Crippen LogP contribution is -2.37. The predicted molar refractivity (Wildman–Crippen MR) is 59.7 cm³/mol. The first kappa shape index (κ1) is 11.2. The summed E-state index contributed by atoms with van der Waals surface area (Å²) in [6.07, 6.45) is 6.82. The minimum atomic E-state index is -0.273. The normalized spacial score (nSPS) is 9.94. The van der Waals surface area contributed by atoms with Crippen molar-refractivity contribution in [2.45, 2.75) is 6.54 Å². The summed E-state index contributed by atoms with van der Waals surface area (Å²) in [6.45, 7) is 0.209. The minimum Gasteiger partial charge on any atom is -0.464 e. The molecule has 0 saturated heterocycles. The maximum Gasteiger partial charge on any atom is 0.372 e. The summed E-state index contributed by atoms with van der Waals surface area (Å²) in [4.78, 5) is 19.1. The van der Waals surface area contributed by atoms with Crippen LogP contribution in [0.1, 0.15) is 0 Å². The number of ether oxygens (including phenoxy) is 1. The van der Waals surface area contributed by atoms with Gasteiger partial charge >= 0.3 is 5.97 Å². The SMILES string of the molecule is COC(=O)C[n+]1ccc(-c2ccncn2)cc1. The Morgan fingerprint density at radius 1 is 1.35 bits per heavy atom. The lowest BCUT2D eigenvalue weighted by Gasteiger charge is -1.99. The van der Waals surface area contributed by atoms with Crippen LogP contribution < -0.4 is 4.57 Å². The lowest BCUT2D eigenvalue weighted by atomic mass is 10.2. The van der Waals surface area contributed by atoms with Crippen molar-refractivity contribution in [3.8, 4) is 11.3 Å². The lowest BCUT2D eigenvalue weighted by molar-refractivity contribution is -0.685. The fourth-order valence-corrected chi connectivity index (χ4v) is 1.41. The zero-order chi connectivity index (χ0) is 12.1. The van der Waals surface area contributed by atoms with Crippen LogP contribution in [0.3, 0.4) is 0 Å². The van der Waals surface area contributed by atoms with Gasteiger partial charge in [0.1, 0.15) is 6.33 Å². The standard InChI is InChI=1S/C12H12N3O2/c1-17-12(16)8-15-6-3-10(4-7-15)11-2-5-13-9-14-11/h2-7,9H,8H2,1H3/q+1. The van der Waals surface area contributed by atoms with Crippen molar-refractivity contribution in [2.24, 2.45) is 0 Å². The van der Waals surface area contributed by atoms with E-state index in [4.69, 9.17) is 0 Å². The molecule has 0 bridgehead atoms. The van der Waals surface area contributed by atoms with Crippen LogP contribution in [-0.2, 0) is 16.1 Å². The fraction of sp³-hybridized carbons (Fsp3) is 0.167. The Morgan fingerprint density at radius 3 is 2.71 bits per heavy atom. The maximum atomic E-state index is 11.1. The van der Waals surface area contributed by atoms with Crippen LogP contribution in [0.15, 0.2) is 43.1 Å². The highest BCUT2D eigenvalue weighted by atomic mass is 16.5. The third kappa shape index (κ3) is 2.84. The van der Waals surface area contributed by atoms with Gasteiger partial charge in [-0.15, -0.1) is 0 Å². The van der Waals surface area contributed by atoms with E-state index in [0.29, 0.717) is 0 Å². The van der Waals surface area contributed by atoms with Crippen LogP contribution in [-0.4, -0.2) is 23.0 Å². The van der Waals surface area contributed by atoms with Crippen LogP contribution >= 0.6 is 0 Å². The maximum absolute atomic E-state index is 11.1. The number of esters is 1. The molecule has 0 unspecified atom stereocenters. The van der Waals surface area contributed by atoms with E-state index >= 15 is 0 Å². The summed E-state index contributed by atoms with van der Waals surface area (Å²) in [5, 5.41) is 0. The molecular formula is C12H12N3O2+. The van der Waals surface area contributed by atoms with Crippen LogP contribution in [0.25, 0.3) is 11.3 Å². The number of nitrogens with zero attached hydrogens (tertiary/aromatic N) is 3. The molecule has 2 rings (SSSR count). The molecule has 0 fully saturated rings. The van der Waals surface area contributed by atoms with E-state index in [1.807, 2.05) is 30.6 Å². The Kier molecular flexibility index (Phi) is 3.40. The highest BCUT2D eigenvalue weighted by Crippen LogP contribution is 2.12. The van der Waals surface area contributed by atoms with E-state index in [-0.39, 0.29) is 12.5 Å². The molecule has 0 atom stereocenters. The molecular weight excluding hydrogens is 218 g/mol. The Labute approximate surface area is 98.7 Å². The van der Waals surface area contributed by atoms with Crippen molar-refractivity contribution in [2.75, 3.05) is 7.11 Å². The molecule has 0 amide bonds. The second-order valence-corrected chi connectivity index (χ2v) is 3.43. The second-order valence-electron chi connectivity index (χ2n) is 3.43. The van der Waals surface area contributed by atoms with Crippen LogP contribution in [0.5, 0.6) is 0 Å². The predicted octanol–water partition coefficient (Wildman–Crippen LogP) is 0.604. The van der Waals surface area contributed by atoms with Crippen LogP contribution in [0.4, 0.5) is 0 Å². The molecule has 5 nitrogen and oxygen atoms in total. The number of carbonyl (C=O) groups excluding carboxylic acids is 1. The minimum absolute atomic E-state index is 0.209. The Balaban J connectivity index is 2.16. The van der Waals surface area contributed by atoms with Gasteiger partial charge in [0.15, 0.2) is 12.4 Å². The van der Waals surface area contributed by atoms with E-state index in [2.05, 4.69) is 14.7 Å². The average Bonchev–Trinajstić information content (AvgIpc) is 2.40. The number of hydrogen-bond donors (Lipinski definition) is 0. The van der Waals surface area contributed by atoms with Gasteiger partial charge in [-0.1, -0.05) is 0 Å². The van der Waals surface area contributed by atoms with Crippen molar-refractivity contribution in [1.29, 1.82) is 0 Å². The van der Waals surface area contributed by atoms with Crippen LogP contribution in [0, 0.1) is 0 Å². The largest absolute Gasteiger partial charge is 0.464 e. The average molecular weight is 230 g/mol. The topological polar surface area (TPSA) is 56.0 Å². The zero-order valence-corrected chi connectivity index (χ0v) is 9.41. The summed E-state index contributed by atoms with van der Waals surface area (Å²) in [5.74, 6) is -0.273. The van der Waals surface area contributed by atoms with E-state index in [0.717, 1.165) is 11.3 Å². The first-order chi connectivity index (χ1) is 8.29. The van der Waals surface area contributed by atoms with Gasteiger partial charge in [-0.05, 0) is 6.07 Å². The fourth-order valence-electron chi connectivity index (χ4n) is 1.41. The molecule has 5 heteroatoms. The number of rotatable bonds is 3. The molecule has 86 valence electrons. The van der Waals surface area contributed by atoms with E-state index in [9.17, 15) is 4.79 Å². The summed E-state index contributed by atoms with van der Waals surface area (Å²) >= 11 is 0. The molecule has 0 aliphatic carbocycles. The molecule has 0 aromatic carbocycles. The van der Waals surface area contributed by atoms with Gasteiger partial charge in [0, 0.05) is 23.9 Å². The smallest absolute Gasteiger partial charge is 0.372 e. The number of methoxy groups -OCH3 is 1. The number of aromatic nitrogens is 3. The van der Waals surface area contributed by atoms with E-state index in [1.165, 1.54) is 13.4 Å². The molecule has 0 saturated carbocycles. The quantitative estimate of drug-likeness (QED) is 0.572. The zero-order valence-electron chi connectivity index (χ0n) is 9.41. The molecule has 0 spiro atoms. The highest BCUT2D eigenvalue weighted by molar-refractivity contribution is 5.67. The van der Waals surface area contributed by atoms with Gasteiger partial charge in [0.25, 0.3) is 0 Å². The Bertz CT molecular complexity index is 497. The van der Waals surface area contributed by atoms with Crippen molar-refractivity contribution in [1.82, 2.24) is 9.97 Å². The molecule has 2 aromatic rings. The summed E-state index contributed by atoms with van der Waals surface area (Å²) in [6, 6.07) is 5.62. The van der Waals surface area contributed by atoms with Crippen molar-refractivity contribution >= 4 is 5.97 Å². The number of carbonyl (C=O) groups is 1. The first-order valence-electron chi connectivity index (χ1n) is 5.12. The summed E-state index contributed by atoms with van der Waals surface area (Å²) in [5.41, 5.74) is 1.83. The molecule has 0 aliphatic rings. The van der Waals surface area contributed by atoms with Gasteiger partial charge in [-0.3, -0.25) is 0 Å². The Morgan fingerprint density at radius 2 is 2.12 bits per heavy atom. The van der Waals surface area contributed by atoms with Gasteiger partial charge < -0.3 is 4.74 Å². The van der Waals surface area contributed by atoms with E-state index in [1.54, 1.807) is 10.8 Å². The number of pyridine rings is 1. The summed E-state index contributed by atoms with van der Waals surface area (Å²) in [7, 11) is 1.37. The van der Waals surface area contributed by atoms with E-state index < -0.39 is 0 Å².